The number of nitrogens with zero attached hydrogens (tertiary/aromatic N) is 2. The maximum Gasteiger partial charge on any atom is 0.236 e. The van der Waals surface area contributed by atoms with E-state index in [1.165, 1.54) is 12.4 Å². The third-order valence-corrected chi connectivity index (χ3v) is 3.84. The fourth-order valence-electron chi connectivity index (χ4n) is 0.999. The minimum atomic E-state index is -3.27. The van der Waals surface area contributed by atoms with E-state index in [4.69, 9.17) is 11.6 Å². The van der Waals surface area contributed by atoms with Gasteiger partial charge in [-0.05, 0) is 12.8 Å². The van der Waals surface area contributed by atoms with E-state index in [-0.39, 0.29) is 16.2 Å². The van der Waals surface area contributed by atoms with Crippen LogP contribution in [0.3, 0.4) is 0 Å². The summed E-state index contributed by atoms with van der Waals surface area (Å²) >= 11 is 5.56. The molecule has 0 amide bonds. The maximum atomic E-state index is 11.5. The average Bonchev–Trinajstić information content (AvgIpc) is 2.84. The lowest BCUT2D eigenvalue weighted by Gasteiger charge is -2.04. The molecule has 1 aliphatic carbocycles. The summed E-state index contributed by atoms with van der Waals surface area (Å²) in [5, 5.41) is -0.107. The molecule has 0 saturated heterocycles. The summed E-state index contributed by atoms with van der Waals surface area (Å²) in [7, 11) is -3.27. The molecule has 0 radical (unpaired) electrons. The van der Waals surface area contributed by atoms with Crippen molar-refractivity contribution in [3.8, 4) is 0 Å². The van der Waals surface area contributed by atoms with Crippen LogP contribution in [-0.2, 0) is 10.0 Å². The van der Waals surface area contributed by atoms with Crippen molar-refractivity contribution >= 4 is 27.4 Å². The van der Waals surface area contributed by atoms with Crippen LogP contribution in [0.1, 0.15) is 12.8 Å². The highest BCUT2D eigenvalue weighted by Gasteiger charge is 2.35. The third kappa shape index (κ3) is 2.13. The Morgan fingerprint density at radius 1 is 1.43 bits per heavy atom. The van der Waals surface area contributed by atoms with Gasteiger partial charge in [0.2, 0.25) is 10.0 Å². The quantitative estimate of drug-likeness (QED) is 0.847. The minimum Gasteiger partial charge on any atom is -0.266 e. The molecular formula is C7H8ClN3O2S. The third-order valence-electron chi connectivity index (χ3n) is 1.82. The van der Waals surface area contributed by atoms with Gasteiger partial charge in [-0.25, -0.2) is 13.4 Å². The monoisotopic (exact) mass is 233 g/mol. The molecule has 2 rings (SSSR count). The Hall–Kier alpha value is -0.880. The lowest BCUT2D eigenvalue weighted by molar-refractivity contribution is 0.599. The van der Waals surface area contributed by atoms with Gasteiger partial charge in [0.25, 0.3) is 0 Å². The van der Waals surface area contributed by atoms with Gasteiger partial charge in [0.15, 0.2) is 5.82 Å². The van der Waals surface area contributed by atoms with Crippen LogP contribution in [0.25, 0.3) is 0 Å². The summed E-state index contributed by atoms with van der Waals surface area (Å²) in [6.07, 6.45) is 4.09. The Bertz CT molecular complexity index is 444. The van der Waals surface area contributed by atoms with Gasteiger partial charge in [-0.2, -0.15) is 0 Å². The first-order valence-corrected chi connectivity index (χ1v) is 5.99. The molecule has 0 bridgehead atoms. The van der Waals surface area contributed by atoms with Gasteiger partial charge in [0.05, 0.1) is 17.6 Å². The zero-order chi connectivity index (χ0) is 10.2. The first-order chi connectivity index (χ1) is 6.58. The number of hydrogen-bond donors (Lipinski definition) is 1. The van der Waals surface area contributed by atoms with E-state index in [1.54, 1.807) is 0 Å². The van der Waals surface area contributed by atoms with Gasteiger partial charge >= 0.3 is 0 Å². The van der Waals surface area contributed by atoms with E-state index in [2.05, 4.69) is 14.7 Å². The molecule has 7 heteroatoms. The van der Waals surface area contributed by atoms with Gasteiger partial charge in [0, 0.05) is 0 Å². The molecule has 0 aliphatic heterocycles. The normalized spacial score (nSPS) is 16.6. The molecule has 0 atom stereocenters. The van der Waals surface area contributed by atoms with Crippen molar-refractivity contribution in [2.75, 3.05) is 4.72 Å². The zero-order valence-corrected chi connectivity index (χ0v) is 8.72. The second kappa shape index (κ2) is 3.36. The SMILES string of the molecule is O=S(=O)(Nc1cncc(Cl)n1)C1CC1. The van der Waals surface area contributed by atoms with E-state index in [1.807, 2.05) is 0 Å². The van der Waals surface area contributed by atoms with E-state index < -0.39 is 10.0 Å². The van der Waals surface area contributed by atoms with Gasteiger partial charge < -0.3 is 0 Å². The van der Waals surface area contributed by atoms with Crippen molar-refractivity contribution < 1.29 is 8.42 Å². The Morgan fingerprint density at radius 3 is 2.71 bits per heavy atom. The van der Waals surface area contributed by atoms with Crippen LogP contribution in [0.4, 0.5) is 5.82 Å². The van der Waals surface area contributed by atoms with Gasteiger partial charge in [-0.3, -0.25) is 9.71 Å². The summed E-state index contributed by atoms with van der Waals surface area (Å²) in [5.74, 6) is 0.171. The second-order valence-electron chi connectivity index (χ2n) is 3.07. The first kappa shape index (κ1) is 9.67. The van der Waals surface area contributed by atoms with Crippen molar-refractivity contribution in [3.63, 3.8) is 0 Å². The second-order valence-corrected chi connectivity index (χ2v) is 5.42. The van der Waals surface area contributed by atoms with E-state index >= 15 is 0 Å². The molecular weight excluding hydrogens is 226 g/mol. The van der Waals surface area contributed by atoms with Crippen LogP contribution in [0, 0.1) is 0 Å². The maximum absolute atomic E-state index is 11.5. The van der Waals surface area contributed by atoms with Crippen LogP contribution in [0.2, 0.25) is 5.15 Å². The smallest absolute Gasteiger partial charge is 0.236 e. The van der Waals surface area contributed by atoms with Gasteiger partial charge in [-0.15, -0.1) is 0 Å². The van der Waals surface area contributed by atoms with Crippen LogP contribution in [-0.4, -0.2) is 23.6 Å². The molecule has 5 nitrogen and oxygen atoms in total. The molecule has 0 aromatic carbocycles. The summed E-state index contributed by atoms with van der Waals surface area (Å²) in [6, 6.07) is 0. The predicted molar refractivity (Wildman–Crippen MR) is 52.6 cm³/mol. The van der Waals surface area contributed by atoms with Gasteiger partial charge in [0.1, 0.15) is 5.15 Å². The van der Waals surface area contributed by atoms with Crippen molar-refractivity contribution in [3.05, 3.63) is 17.5 Å². The number of halogens is 1. The van der Waals surface area contributed by atoms with Gasteiger partial charge in [-0.1, -0.05) is 11.6 Å². The Kier molecular flexibility index (Phi) is 2.32. The molecule has 1 saturated carbocycles. The number of aromatic nitrogens is 2. The highest BCUT2D eigenvalue weighted by molar-refractivity contribution is 7.93. The van der Waals surface area contributed by atoms with Crippen LogP contribution in [0.15, 0.2) is 12.4 Å². The number of rotatable bonds is 3. The molecule has 14 heavy (non-hydrogen) atoms. The first-order valence-electron chi connectivity index (χ1n) is 4.07. The van der Waals surface area contributed by atoms with Crippen molar-refractivity contribution in [2.45, 2.75) is 18.1 Å². The average molecular weight is 234 g/mol. The molecule has 1 N–H and O–H groups in total. The highest BCUT2D eigenvalue weighted by atomic mass is 35.5. The fraction of sp³-hybridized carbons (Fsp3) is 0.429. The number of anilines is 1. The summed E-state index contributed by atoms with van der Waals surface area (Å²) in [6.45, 7) is 0. The van der Waals surface area contributed by atoms with Crippen molar-refractivity contribution in [1.82, 2.24) is 9.97 Å². The molecule has 1 aromatic rings. The molecule has 0 unspecified atom stereocenters. The molecule has 1 aliphatic rings. The molecule has 1 fully saturated rings. The molecule has 0 spiro atoms. The van der Waals surface area contributed by atoms with E-state index in [9.17, 15) is 8.42 Å². The summed E-state index contributed by atoms with van der Waals surface area (Å²) < 4.78 is 25.2. The number of sulfonamides is 1. The fourth-order valence-corrected chi connectivity index (χ4v) is 2.46. The Balaban J connectivity index is 2.18. The predicted octanol–water partition coefficient (Wildman–Crippen LogP) is 1.03. The van der Waals surface area contributed by atoms with E-state index in [0.29, 0.717) is 12.8 Å². The minimum absolute atomic E-state index is 0.168. The largest absolute Gasteiger partial charge is 0.266 e. The van der Waals surface area contributed by atoms with Crippen LogP contribution < -0.4 is 4.72 Å². The van der Waals surface area contributed by atoms with Crippen molar-refractivity contribution in [1.29, 1.82) is 0 Å². The standard InChI is InChI=1S/C7H8ClN3O2S/c8-6-3-9-4-7(10-6)11-14(12,13)5-1-2-5/h3-5H,1-2H2,(H,10,11). The van der Waals surface area contributed by atoms with E-state index in [0.717, 1.165) is 0 Å². The lowest BCUT2D eigenvalue weighted by atomic mass is 10.7. The summed E-state index contributed by atoms with van der Waals surface area (Å²) in [5.41, 5.74) is 0. The highest BCUT2D eigenvalue weighted by Crippen LogP contribution is 2.29. The molecule has 1 aromatic heterocycles. The Labute approximate surface area is 86.6 Å². The molecule has 1 heterocycles. The van der Waals surface area contributed by atoms with Crippen molar-refractivity contribution in [2.24, 2.45) is 0 Å². The zero-order valence-electron chi connectivity index (χ0n) is 7.14. The van der Waals surface area contributed by atoms with Crippen LogP contribution in [0.5, 0.6) is 0 Å². The lowest BCUT2D eigenvalue weighted by Crippen LogP contribution is -2.18. The number of hydrogen-bond acceptors (Lipinski definition) is 4. The summed E-state index contributed by atoms with van der Waals surface area (Å²) in [4.78, 5) is 7.51. The molecule has 76 valence electrons. The number of nitrogens with one attached hydrogen (secondary N) is 1. The van der Waals surface area contributed by atoms with Crippen LogP contribution >= 0.6 is 11.6 Å². The Morgan fingerprint density at radius 2 is 2.14 bits per heavy atom. The topological polar surface area (TPSA) is 72.0 Å².